The van der Waals surface area contributed by atoms with Gasteiger partial charge in [0, 0.05) is 24.3 Å². The summed E-state index contributed by atoms with van der Waals surface area (Å²) in [6.45, 7) is 4.10. The summed E-state index contributed by atoms with van der Waals surface area (Å²) in [6.07, 6.45) is 1.68. The quantitative estimate of drug-likeness (QED) is 0.737. The summed E-state index contributed by atoms with van der Waals surface area (Å²) in [5.41, 5.74) is 2.62. The topological polar surface area (TPSA) is 43.4 Å². The monoisotopic (exact) mass is 360 g/mol. The molecule has 2 unspecified atom stereocenters. The van der Waals surface area contributed by atoms with Crippen LogP contribution in [0.3, 0.4) is 0 Å². The molecule has 1 heterocycles. The molecule has 0 saturated heterocycles. The molecule has 0 spiro atoms. The zero-order valence-electron chi connectivity index (χ0n) is 15.8. The summed E-state index contributed by atoms with van der Waals surface area (Å²) >= 11 is 0. The highest BCUT2D eigenvalue weighted by molar-refractivity contribution is 6.01. The number of rotatable bonds is 3. The van der Waals surface area contributed by atoms with Crippen LogP contribution in [0.25, 0.3) is 0 Å². The van der Waals surface area contributed by atoms with E-state index >= 15 is 0 Å². The minimum absolute atomic E-state index is 0.112. The molecule has 1 aliphatic carbocycles. The van der Waals surface area contributed by atoms with Crippen molar-refractivity contribution in [3.05, 3.63) is 83.1 Å². The van der Waals surface area contributed by atoms with E-state index in [0.29, 0.717) is 30.6 Å². The molecule has 0 bridgehead atoms. The van der Waals surface area contributed by atoms with Crippen molar-refractivity contribution >= 4 is 11.8 Å². The van der Waals surface area contributed by atoms with Gasteiger partial charge in [0.15, 0.2) is 5.78 Å². The summed E-state index contributed by atoms with van der Waals surface area (Å²) in [5, 5.41) is 0. The molecule has 0 saturated carbocycles. The Balaban J connectivity index is 1.81. The van der Waals surface area contributed by atoms with Gasteiger partial charge < -0.3 is 4.74 Å². The number of hydrogen-bond acceptors (Lipinski definition) is 3. The number of benzene rings is 2. The molecule has 2 aromatic rings. The first-order valence-corrected chi connectivity index (χ1v) is 9.51. The van der Waals surface area contributed by atoms with Gasteiger partial charge in [-0.1, -0.05) is 74.5 Å². The maximum Gasteiger partial charge on any atom is 0.315 e. The summed E-state index contributed by atoms with van der Waals surface area (Å²) in [6, 6.07) is 19.9. The molecular formula is C24H24O3. The Morgan fingerprint density at radius 3 is 2.22 bits per heavy atom. The van der Waals surface area contributed by atoms with Crippen molar-refractivity contribution in [2.24, 2.45) is 11.3 Å². The van der Waals surface area contributed by atoms with Crippen LogP contribution in [0.2, 0.25) is 0 Å². The van der Waals surface area contributed by atoms with E-state index in [-0.39, 0.29) is 23.1 Å². The highest BCUT2D eigenvalue weighted by Gasteiger charge is 2.47. The van der Waals surface area contributed by atoms with Gasteiger partial charge in [0.1, 0.15) is 5.76 Å². The number of allylic oxidation sites excluding steroid dienone is 2. The molecule has 4 rings (SSSR count). The van der Waals surface area contributed by atoms with E-state index in [2.05, 4.69) is 13.8 Å². The van der Waals surface area contributed by atoms with Crippen LogP contribution in [0, 0.1) is 11.3 Å². The van der Waals surface area contributed by atoms with Crippen molar-refractivity contribution in [1.82, 2.24) is 0 Å². The Morgan fingerprint density at radius 2 is 1.56 bits per heavy atom. The molecule has 2 aromatic carbocycles. The number of Topliss-reactive ketones (excluding diaryl/α,β-unsaturated/α-hetero) is 1. The Morgan fingerprint density at radius 1 is 0.926 bits per heavy atom. The summed E-state index contributed by atoms with van der Waals surface area (Å²) in [5.74, 6) is -0.165. The van der Waals surface area contributed by atoms with Gasteiger partial charge in [-0.05, 0) is 23.0 Å². The fourth-order valence-electron chi connectivity index (χ4n) is 4.38. The van der Waals surface area contributed by atoms with Gasteiger partial charge in [0.2, 0.25) is 0 Å². The van der Waals surface area contributed by atoms with Gasteiger partial charge in [-0.15, -0.1) is 0 Å². The molecule has 2 atom stereocenters. The lowest BCUT2D eigenvalue weighted by Gasteiger charge is -2.40. The highest BCUT2D eigenvalue weighted by Crippen LogP contribution is 2.48. The number of carbonyl (C=O) groups excluding carboxylic acids is 2. The Labute approximate surface area is 160 Å². The third-order valence-electron chi connectivity index (χ3n) is 5.58. The maximum absolute atomic E-state index is 13.1. The van der Waals surface area contributed by atoms with Crippen molar-refractivity contribution in [3.8, 4) is 0 Å². The molecular weight excluding hydrogens is 336 g/mol. The zero-order valence-corrected chi connectivity index (χ0v) is 15.8. The summed E-state index contributed by atoms with van der Waals surface area (Å²) < 4.78 is 5.75. The second kappa shape index (κ2) is 6.80. The molecule has 0 radical (unpaired) electrons. The third kappa shape index (κ3) is 3.46. The van der Waals surface area contributed by atoms with Gasteiger partial charge >= 0.3 is 5.97 Å². The Hall–Kier alpha value is -2.68. The average Bonchev–Trinajstić information content (AvgIpc) is 2.63. The van der Waals surface area contributed by atoms with E-state index in [1.54, 1.807) is 0 Å². The number of ether oxygens (including phenoxy) is 1. The lowest BCUT2D eigenvalue weighted by Crippen LogP contribution is -2.39. The van der Waals surface area contributed by atoms with Crippen molar-refractivity contribution in [1.29, 1.82) is 0 Å². The molecule has 27 heavy (non-hydrogen) atoms. The van der Waals surface area contributed by atoms with Crippen molar-refractivity contribution in [2.45, 2.75) is 39.0 Å². The number of ketones is 1. The Bertz CT molecular complexity index is 894. The van der Waals surface area contributed by atoms with Crippen LogP contribution in [0.4, 0.5) is 0 Å². The van der Waals surface area contributed by atoms with E-state index in [0.717, 1.165) is 11.1 Å². The maximum atomic E-state index is 13.1. The lowest BCUT2D eigenvalue weighted by molar-refractivity contribution is -0.148. The summed E-state index contributed by atoms with van der Waals surface area (Å²) in [7, 11) is 0. The van der Waals surface area contributed by atoms with Crippen LogP contribution in [0.5, 0.6) is 0 Å². The van der Waals surface area contributed by atoms with Crippen molar-refractivity contribution in [2.75, 3.05) is 0 Å². The largest absolute Gasteiger partial charge is 0.430 e. The van der Waals surface area contributed by atoms with E-state index in [1.165, 1.54) is 0 Å². The average molecular weight is 360 g/mol. The van der Waals surface area contributed by atoms with E-state index < -0.39 is 5.92 Å². The lowest BCUT2D eigenvalue weighted by atomic mass is 9.67. The van der Waals surface area contributed by atoms with Gasteiger partial charge in [0.25, 0.3) is 0 Å². The number of carbonyl (C=O) groups is 2. The number of esters is 1. The highest BCUT2D eigenvalue weighted by atomic mass is 16.5. The van der Waals surface area contributed by atoms with E-state index in [1.807, 2.05) is 60.7 Å². The van der Waals surface area contributed by atoms with Gasteiger partial charge in [0.05, 0.1) is 5.92 Å². The molecule has 1 aliphatic heterocycles. The minimum Gasteiger partial charge on any atom is -0.430 e. The molecule has 2 aliphatic rings. The molecule has 138 valence electrons. The van der Waals surface area contributed by atoms with Crippen LogP contribution in [-0.2, 0) is 20.7 Å². The van der Waals surface area contributed by atoms with Crippen molar-refractivity contribution in [3.63, 3.8) is 0 Å². The fraction of sp³-hybridized carbons (Fsp3) is 0.333. The third-order valence-corrected chi connectivity index (χ3v) is 5.58. The second-order valence-electron chi connectivity index (χ2n) is 8.38. The second-order valence-corrected chi connectivity index (χ2v) is 8.38. The molecule has 3 heteroatoms. The smallest absolute Gasteiger partial charge is 0.315 e. The standard InChI is InChI=1S/C24H24O3/c1-24(2)14-19(25)22-20(15-24)27-23(26)18(13-16-9-5-3-6-10-16)21(22)17-11-7-4-8-12-17/h3-12,18,21H,13-15H2,1-2H3. The molecule has 0 N–H and O–H groups in total. The summed E-state index contributed by atoms with van der Waals surface area (Å²) in [4.78, 5) is 26.1. The predicted octanol–water partition coefficient (Wildman–Crippen LogP) is 4.83. The first kappa shape index (κ1) is 17.7. The fourth-order valence-corrected chi connectivity index (χ4v) is 4.38. The predicted molar refractivity (Wildman–Crippen MR) is 104 cm³/mol. The van der Waals surface area contributed by atoms with Crippen LogP contribution in [-0.4, -0.2) is 11.8 Å². The van der Waals surface area contributed by atoms with Crippen LogP contribution < -0.4 is 0 Å². The minimum atomic E-state index is -0.390. The Kier molecular flexibility index (Phi) is 4.47. The molecule has 3 nitrogen and oxygen atoms in total. The first-order valence-electron chi connectivity index (χ1n) is 9.51. The van der Waals surface area contributed by atoms with E-state index in [4.69, 9.17) is 4.74 Å². The zero-order chi connectivity index (χ0) is 19.0. The first-order chi connectivity index (χ1) is 12.9. The van der Waals surface area contributed by atoms with Crippen molar-refractivity contribution < 1.29 is 14.3 Å². The molecule has 0 aromatic heterocycles. The van der Waals surface area contributed by atoms with E-state index in [9.17, 15) is 9.59 Å². The van der Waals surface area contributed by atoms with Gasteiger partial charge in [-0.2, -0.15) is 0 Å². The van der Waals surface area contributed by atoms with Crippen LogP contribution >= 0.6 is 0 Å². The number of hydrogen-bond donors (Lipinski definition) is 0. The molecule has 0 fully saturated rings. The van der Waals surface area contributed by atoms with Crippen LogP contribution in [0.15, 0.2) is 72.0 Å². The van der Waals surface area contributed by atoms with Gasteiger partial charge in [-0.25, -0.2) is 0 Å². The van der Waals surface area contributed by atoms with Gasteiger partial charge in [-0.3, -0.25) is 9.59 Å². The SMILES string of the molecule is CC1(C)CC(=O)C2=C(C1)OC(=O)C(Cc1ccccc1)C2c1ccccc1. The van der Waals surface area contributed by atoms with Crippen LogP contribution in [0.1, 0.15) is 43.7 Å². The normalized spacial score (nSPS) is 24.4. The molecule has 0 amide bonds.